The van der Waals surface area contributed by atoms with Gasteiger partial charge in [0.1, 0.15) is 0 Å². The first-order valence-corrected chi connectivity index (χ1v) is 11.2. The summed E-state index contributed by atoms with van der Waals surface area (Å²) in [4.78, 5) is 31.7. The molecule has 172 valence electrons. The zero-order valence-corrected chi connectivity index (χ0v) is 19.7. The van der Waals surface area contributed by atoms with Crippen LogP contribution < -0.4 is 11.0 Å². The molecule has 8 nitrogen and oxygen atoms in total. The number of rotatable bonds is 4. The number of nitriles is 1. The lowest BCUT2D eigenvalue weighted by Crippen LogP contribution is -2.32. The highest BCUT2D eigenvalue weighted by atomic mass is 16.2. The number of hydrogen-bond donors (Lipinski definition) is 1. The molecule has 1 aromatic carbocycles. The van der Waals surface area contributed by atoms with Crippen LogP contribution in [0.2, 0.25) is 0 Å². The van der Waals surface area contributed by atoms with Crippen LogP contribution in [0.5, 0.6) is 0 Å². The van der Waals surface area contributed by atoms with Crippen molar-refractivity contribution in [1.29, 1.82) is 5.26 Å². The van der Waals surface area contributed by atoms with E-state index < -0.39 is 0 Å². The van der Waals surface area contributed by atoms with E-state index in [0.717, 1.165) is 29.6 Å². The number of pyridine rings is 1. The molecule has 2 aromatic heterocycles. The Morgan fingerprint density at radius 1 is 1.18 bits per heavy atom. The first-order chi connectivity index (χ1) is 15.7. The quantitative estimate of drug-likeness (QED) is 0.665. The van der Waals surface area contributed by atoms with Crippen LogP contribution in [0.3, 0.4) is 0 Å². The molecule has 3 aromatic rings. The molecular weight excluding hydrogens is 416 g/mol. The number of imidazole rings is 1. The lowest BCUT2D eigenvalue weighted by molar-refractivity contribution is -0.121. The van der Waals surface area contributed by atoms with Gasteiger partial charge in [-0.15, -0.1) is 0 Å². The van der Waals surface area contributed by atoms with Crippen LogP contribution in [0.1, 0.15) is 38.3 Å². The summed E-state index contributed by atoms with van der Waals surface area (Å²) in [5, 5.41) is 12.6. The van der Waals surface area contributed by atoms with Gasteiger partial charge in [0.05, 0.1) is 29.4 Å². The molecule has 0 spiro atoms. The Kier molecular flexibility index (Phi) is 6.09. The van der Waals surface area contributed by atoms with E-state index in [0.29, 0.717) is 43.1 Å². The summed E-state index contributed by atoms with van der Waals surface area (Å²) in [6, 6.07) is 11.8. The summed E-state index contributed by atoms with van der Waals surface area (Å²) >= 11 is 0. The van der Waals surface area contributed by atoms with Gasteiger partial charge in [-0.1, -0.05) is 26.8 Å². The third-order valence-electron chi connectivity index (χ3n) is 5.84. The van der Waals surface area contributed by atoms with E-state index in [-0.39, 0.29) is 17.0 Å². The summed E-state index contributed by atoms with van der Waals surface area (Å²) in [5.74, 6) is 0.0363. The molecule has 33 heavy (non-hydrogen) atoms. The summed E-state index contributed by atoms with van der Waals surface area (Å²) in [6.07, 6.45) is 0.909. The average molecular weight is 447 g/mol. The number of carbonyl (C=O) groups is 1. The van der Waals surface area contributed by atoms with E-state index >= 15 is 0 Å². The molecule has 1 aliphatic rings. The Morgan fingerprint density at radius 3 is 2.70 bits per heavy atom. The van der Waals surface area contributed by atoms with Crippen LogP contribution in [-0.4, -0.2) is 44.6 Å². The topological polar surface area (TPSA) is 96.0 Å². The van der Waals surface area contributed by atoms with E-state index in [1.165, 1.54) is 0 Å². The monoisotopic (exact) mass is 446 g/mol. The second-order valence-electron chi connectivity index (χ2n) is 9.93. The van der Waals surface area contributed by atoms with Gasteiger partial charge in [0.2, 0.25) is 5.91 Å². The minimum atomic E-state index is -0.0988. The minimum Gasteiger partial charge on any atom is -0.355 e. The number of carbonyl (C=O) groups excluding carboxylic acids is 1. The van der Waals surface area contributed by atoms with Gasteiger partial charge in [-0.05, 0) is 41.7 Å². The number of aromatic nitrogens is 3. The lowest BCUT2D eigenvalue weighted by Gasteiger charge is -2.19. The normalized spacial score (nSPS) is 15.3. The number of benzene rings is 1. The summed E-state index contributed by atoms with van der Waals surface area (Å²) in [5.41, 5.74) is 4.15. The number of nitrogens with one attached hydrogen (secondary N) is 1. The summed E-state index contributed by atoms with van der Waals surface area (Å²) in [6.45, 7) is 9.40. The number of aryl methyl sites for hydroxylation is 1. The standard InChI is InChI=1S/C25H30N6O2/c1-25(2,3)16-31-21-9-8-20(28-23(21)29(4)24(31)33)19-12-17(6-7-18(19)13-26)14-30-11-5-10-27-22(32)15-30/h6-9,12H,5,10-11,14-16H2,1-4H3,(H,27,32). The van der Waals surface area contributed by atoms with Gasteiger partial charge in [-0.25, -0.2) is 9.78 Å². The first kappa shape index (κ1) is 22.7. The predicted octanol–water partition coefficient (Wildman–Crippen LogP) is 2.64. The minimum absolute atomic E-state index is 0.0363. The van der Waals surface area contributed by atoms with Crippen molar-refractivity contribution in [2.75, 3.05) is 19.6 Å². The Bertz CT molecular complexity index is 1310. The molecule has 0 unspecified atom stereocenters. The van der Waals surface area contributed by atoms with E-state index in [1.54, 1.807) is 22.2 Å². The number of nitrogens with zero attached hydrogens (tertiary/aromatic N) is 5. The average Bonchev–Trinajstić information content (AvgIpc) is 2.90. The fourth-order valence-electron chi connectivity index (χ4n) is 4.31. The number of amides is 1. The highest BCUT2D eigenvalue weighted by molar-refractivity contribution is 5.79. The second-order valence-corrected chi connectivity index (χ2v) is 9.93. The van der Waals surface area contributed by atoms with Gasteiger partial charge in [0.25, 0.3) is 0 Å². The molecule has 1 saturated heterocycles. The van der Waals surface area contributed by atoms with Crippen molar-refractivity contribution in [3.63, 3.8) is 0 Å². The zero-order valence-electron chi connectivity index (χ0n) is 19.7. The fraction of sp³-hybridized carbons (Fsp3) is 0.440. The molecule has 1 aliphatic heterocycles. The van der Waals surface area contributed by atoms with Crippen LogP contribution in [0.15, 0.2) is 35.1 Å². The van der Waals surface area contributed by atoms with Gasteiger partial charge in [-0.3, -0.25) is 18.8 Å². The first-order valence-electron chi connectivity index (χ1n) is 11.2. The van der Waals surface area contributed by atoms with Gasteiger partial charge >= 0.3 is 5.69 Å². The van der Waals surface area contributed by atoms with E-state index in [9.17, 15) is 14.9 Å². The van der Waals surface area contributed by atoms with Crippen LogP contribution in [0, 0.1) is 16.7 Å². The van der Waals surface area contributed by atoms with Gasteiger partial charge in [-0.2, -0.15) is 5.26 Å². The van der Waals surface area contributed by atoms with Crippen molar-refractivity contribution in [3.8, 4) is 17.3 Å². The van der Waals surface area contributed by atoms with Gasteiger partial charge in [0.15, 0.2) is 5.65 Å². The fourth-order valence-corrected chi connectivity index (χ4v) is 4.31. The van der Waals surface area contributed by atoms with Crippen molar-refractivity contribution in [3.05, 3.63) is 51.9 Å². The van der Waals surface area contributed by atoms with Crippen molar-refractivity contribution >= 4 is 17.1 Å². The molecule has 0 aliphatic carbocycles. The summed E-state index contributed by atoms with van der Waals surface area (Å²) in [7, 11) is 1.73. The Morgan fingerprint density at radius 2 is 1.97 bits per heavy atom. The van der Waals surface area contributed by atoms with Crippen LogP contribution in [0.25, 0.3) is 22.4 Å². The van der Waals surface area contributed by atoms with Crippen molar-refractivity contribution in [2.24, 2.45) is 12.5 Å². The molecule has 0 radical (unpaired) electrons. The number of hydrogen-bond acceptors (Lipinski definition) is 5. The molecule has 0 bridgehead atoms. The highest BCUT2D eigenvalue weighted by Gasteiger charge is 2.20. The van der Waals surface area contributed by atoms with Crippen molar-refractivity contribution < 1.29 is 4.79 Å². The third kappa shape index (κ3) is 4.83. The third-order valence-corrected chi connectivity index (χ3v) is 5.84. The molecule has 1 amide bonds. The van der Waals surface area contributed by atoms with Crippen LogP contribution in [0.4, 0.5) is 0 Å². The van der Waals surface area contributed by atoms with E-state index in [4.69, 9.17) is 4.98 Å². The summed E-state index contributed by atoms with van der Waals surface area (Å²) < 4.78 is 3.33. The zero-order chi connectivity index (χ0) is 23.8. The molecule has 0 saturated carbocycles. The van der Waals surface area contributed by atoms with Crippen LogP contribution >= 0.6 is 0 Å². The molecule has 0 atom stereocenters. The maximum atomic E-state index is 12.9. The molecule has 8 heteroatoms. The second kappa shape index (κ2) is 8.83. The largest absolute Gasteiger partial charge is 0.355 e. The molecular formula is C25H30N6O2. The smallest absolute Gasteiger partial charge is 0.330 e. The Labute approximate surface area is 193 Å². The number of fused-ring (bicyclic) bond motifs is 1. The molecule has 1 fully saturated rings. The SMILES string of the molecule is Cn1c(=O)n(CC(C)(C)C)c2ccc(-c3cc(CN4CCCNC(=O)C4)ccc3C#N)nc21. The molecule has 3 heterocycles. The lowest BCUT2D eigenvalue weighted by atomic mass is 9.97. The van der Waals surface area contributed by atoms with Gasteiger partial charge < -0.3 is 5.32 Å². The Hall–Kier alpha value is -3.44. The molecule has 4 rings (SSSR count). The maximum Gasteiger partial charge on any atom is 0.330 e. The highest BCUT2D eigenvalue weighted by Crippen LogP contribution is 2.27. The van der Waals surface area contributed by atoms with Crippen molar-refractivity contribution in [1.82, 2.24) is 24.3 Å². The predicted molar refractivity (Wildman–Crippen MR) is 127 cm³/mol. The van der Waals surface area contributed by atoms with Crippen LogP contribution in [-0.2, 0) is 24.9 Å². The maximum absolute atomic E-state index is 12.9. The molecule has 1 N–H and O–H groups in total. The van der Waals surface area contributed by atoms with Gasteiger partial charge in [0, 0.05) is 38.8 Å². The Balaban J connectivity index is 1.73. The van der Waals surface area contributed by atoms with E-state index in [2.05, 4.69) is 37.1 Å². The van der Waals surface area contributed by atoms with E-state index in [1.807, 2.05) is 24.3 Å². The van der Waals surface area contributed by atoms with Crippen molar-refractivity contribution in [2.45, 2.75) is 40.3 Å².